The second kappa shape index (κ2) is 14.8. The SMILES string of the molecule is CCCCC[N+]1=C(/C=C2/C=C3C=C(/C=C4\N(CCCCSC)c5ccc6ccccc6c5C4(C)C)CCC3CC2)C(C)(C)c2c1ccc1ccccc21. The van der Waals surface area contributed by atoms with Gasteiger partial charge in [-0.1, -0.05) is 93.9 Å². The molecule has 1 unspecified atom stereocenters. The van der Waals surface area contributed by atoms with Gasteiger partial charge in [0.05, 0.1) is 5.41 Å². The highest BCUT2D eigenvalue weighted by atomic mass is 32.2. The van der Waals surface area contributed by atoms with Crippen LogP contribution in [0.15, 0.2) is 120 Å². The van der Waals surface area contributed by atoms with E-state index >= 15 is 0 Å². The lowest BCUT2D eigenvalue weighted by molar-refractivity contribution is -0.438. The normalized spacial score (nSPS) is 21.7. The number of rotatable bonds is 11. The lowest BCUT2D eigenvalue weighted by atomic mass is 9.75. The molecule has 0 saturated heterocycles. The van der Waals surface area contributed by atoms with Gasteiger partial charge in [-0.15, -0.1) is 0 Å². The molecule has 0 aromatic heterocycles. The van der Waals surface area contributed by atoms with Crippen LogP contribution >= 0.6 is 11.8 Å². The van der Waals surface area contributed by atoms with Crippen LogP contribution in [0.1, 0.15) is 104 Å². The van der Waals surface area contributed by atoms with Gasteiger partial charge in [0.2, 0.25) is 5.69 Å². The molecule has 4 aromatic rings. The molecule has 0 radical (unpaired) electrons. The third kappa shape index (κ3) is 6.56. The van der Waals surface area contributed by atoms with Crippen molar-refractivity contribution >= 4 is 50.4 Å². The first kappa shape index (κ1) is 36.2. The summed E-state index contributed by atoms with van der Waals surface area (Å²) in [6.07, 6.45) is 23.6. The summed E-state index contributed by atoms with van der Waals surface area (Å²) < 4.78 is 2.68. The largest absolute Gasteiger partial charge is 0.344 e. The molecule has 4 aromatic carbocycles. The summed E-state index contributed by atoms with van der Waals surface area (Å²) in [7, 11) is 0. The molecule has 3 heteroatoms. The number of anilines is 1. The van der Waals surface area contributed by atoms with Crippen LogP contribution in [0.5, 0.6) is 0 Å². The van der Waals surface area contributed by atoms with Crippen LogP contribution in [-0.4, -0.2) is 35.4 Å². The Labute approximate surface area is 323 Å². The molecule has 2 heterocycles. The first-order chi connectivity index (χ1) is 25.7. The van der Waals surface area contributed by atoms with Crippen LogP contribution in [0, 0.1) is 5.92 Å². The molecular weight excluding hydrogens is 661 g/mol. The highest BCUT2D eigenvalue weighted by molar-refractivity contribution is 7.98. The Bertz CT molecular complexity index is 2210. The van der Waals surface area contributed by atoms with Crippen molar-refractivity contribution in [3.8, 4) is 0 Å². The van der Waals surface area contributed by atoms with E-state index in [2.05, 4.69) is 147 Å². The summed E-state index contributed by atoms with van der Waals surface area (Å²) in [4.78, 5) is 2.68. The number of hydrogen-bond acceptors (Lipinski definition) is 2. The Balaban J connectivity index is 1.17. The van der Waals surface area contributed by atoms with Crippen molar-refractivity contribution in [2.45, 2.75) is 103 Å². The second-order valence-corrected chi connectivity index (χ2v) is 18.1. The topological polar surface area (TPSA) is 6.25 Å². The molecule has 8 rings (SSSR count). The van der Waals surface area contributed by atoms with Gasteiger partial charge in [-0.2, -0.15) is 16.3 Å². The van der Waals surface area contributed by atoms with E-state index in [-0.39, 0.29) is 10.8 Å². The monoisotopic (exact) mass is 719 g/mol. The van der Waals surface area contributed by atoms with Crippen molar-refractivity contribution < 1.29 is 4.58 Å². The summed E-state index contributed by atoms with van der Waals surface area (Å²) in [6, 6.07) is 27.5. The molecule has 0 amide bonds. The van der Waals surface area contributed by atoms with Gasteiger partial charge in [0.25, 0.3) is 0 Å². The Morgan fingerprint density at radius 1 is 0.755 bits per heavy atom. The number of allylic oxidation sites excluding steroid dienone is 8. The van der Waals surface area contributed by atoms with Crippen molar-refractivity contribution in [1.82, 2.24) is 0 Å². The zero-order valence-electron chi connectivity index (χ0n) is 33.1. The summed E-state index contributed by atoms with van der Waals surface area (Å²) in [6.45, 7) is 14.3. The van der Waals surface area contributed by atoms with E-state index < -0.39 is 0 Å². The van der Waals surface area contributed by atoms with E-state index in [9.17, 15) is 0 Å². The smallest absolute Gasteiger partial charge is 0.210 e. The molecular formula is C50H59N2S+. The van der Waals surface area contributed by atoms with E-state index in [1.165, 1.54) is 117 Å². The fraction of sp³-hybridized carbons (Fsp3) is 0.420. The molecule has 0 fully saturated rings. The quantitative estimate of drug-likeness (QED) is 0.112. The van der Waals surface area contributed by atoms with Gasteiger partial charge in [-0.05, 0) is 139 Å². The van der Waals surface area contributed by atoms with Crippen molar-refractivity contribution in [1.29, 1.82) is 0 Å². The molecule has 2 nitrogen and oxygen atoms in total. The highest BCUT2D eigenvalue weighted by Gasteiger charge is 2.46. The molecule has 53 heavy (non-hydrogen) atoms. The predicted molar refractivity (Wildman–Crippen MR) is 233 cm³/mol. The fourth-order valence-electron chi connectivity index (χ4n) is 10.1. The van der Waals surface area contributed by atoms with Crippen molar-refractivity contribution in [3.63, 3.8) is 0 Å². The molecule has 2 aliphatic carbocycles. The van der Waals surface area contributed by atoms with Gasteiger partial charge in [-0.25, -0.2) is 0 Å². The number of hydrogen-bond donors (Lipinski definition) is 0. The first-order valence-electron chi connectivity index (χ1n) is 20.5. The van der Waals surface area contributed by atoms with E-state index in [0.29, 0.717) is 5.92 Å². The minimum absolute atomic E-state index is 0.0603. The second-order valence-electron chi connectivity index (χ2n) is 17.1. The molecule has 0 N–H and O–H groups in total. The van der Waals surface area contributed by atoms with Crippen LogP contribution in [0.25, 0.3) is 21.5 Å². The molecule has 1 atom stereocenters. The van der Waals surface area contributed by atoms with Gasteiger partial charge < -0.3 is 4.90 Å². The maximum absolute atomic E-state index is 2.68. The van der Waals surface area contributed by atoms with Crippen LogP contribution < -0.4 is 4.90 Å². The zero-order valence-corrected chi connectivity index (χ0v) is 33.9. The van der Waals surface area contributed by atoms with E-state index in [0.717, 1.165) is 25.9 Å². The van der Waals surface area contributed by atoms with Crippen LogP contribution in [0.2, 0.25) is 0 Å². The van der Waals surface area contributed by atoms with Crippen molar-refractivity contribution in [2.75, 3.05) is 30.0 Å². The number of unbranched alkanes of at least 4 members (excludes halogenated alkanes) is 3. The van der Waals surface area contributed by atoms with Gasteiger partial charge in [0.1, 0.15) is 6.54 Å². The third-order valence-electron chi connectivity index (χ3n) is 12.9. The maximum Gasteiger partial charge on any atom is 0.210 e. The van der Waals surface area contributed by atoms with Gasteiger partial charge in [0, 0.05) is 47.5 Å². The highest BCUT2D eigenvalue weighted by Crippen LogP contribution is 2.52. The molecule has 2 aliphatic heterocycles. The lowest BCUT2D eigenvalue weighted by Gasteiger charge is -2.31. The summed E-state index contributed by atoms with van der Waals surface area (Å²) in [5.74, 6) is 1.89. The van der Waals surface area contributed by atoms with E-state index in [1.807, 2.05) is 11.8 Å². The third-order valence-corrected chi connectivity index (χ3v) is 13.6. The number of thioether (sulfide) groups is 1. The van der Waals surface area contributed by atoms with Crippen LogP contribution in [0.4, 0.5) is 11.4 Å². The summed E-state index contributed by atoms with van der Waals surface area (Å²) in [5.41, 5.74) is 13.2. The molecule has 0 bridgehead atoms. The molecule has 0 saturated carbocycles. The van der Waals surface area contributed by atoms with E-state index in [4.69, 9.17) is 0 Å². The van der Waals surface area contributed by atoms with E-state index in [1.54, 1.807) is 5.57 Å². The lowest BCUT2D eigenvalue weighted by Crippen LogP contribution is -2.29. The summed E-state index contributed by atoms with van der Waals surface area (Å²) in [5, 5.41) is 5.50. The number of fused-ring (bicyclic) bond motifs is 7. The number of nitrogens with zero attached hydrogens (tertiary/aromatic N) is 2. The minimum Gasteiger partial charge on any atom is -0.344 e. The average molecular weight is 720 g/mol. The number of benzene rings is 4. The van der Waals surface area contributed by atoms with Gasteiger partial charge in [0.15, 0.2) is 5.71 Å². The summed E-state index contributed by atoms with van der Waals surface area (Å²) >= 11 is 1.97. The minimum atomic E-state index is -0.0650. The Kier molecular flexibility index (Phi) is 10.1. The zero-order chi connectivity index (χ0) is 36.7. The Hall–Kier alpha value is -3.82. The van der Waals surface area contributed by atoms with Gasteiger partial charge in [-0.3, -0.25) is 0 Å². The Morgan fingerprint density at radius 3 is 2.23 bits per heavy atom. The standard InChI is InChI=1S/C50H59N2S/c1-7-8-13-28-51-43-26-24-38-16-9-11-18-41(38)47(43)49(2,3)45(51)33-35-20-22-37-23-21-36(32-40(37)31-35)34-46-50(4,5)48-42-19-12-10-17-39(42)25-27-44(48)52(46)29-14-15-30-53-6/h9-12,16-19,24-27,31-34,37H,7-8,13-15,20-23,28-30H2,1-6H3/q+1. The Morgan fingerprint density at radius 2 is 1.47 bits per heavy atom. The van der Waals surface area contributed by atoms with Crippen LogP contribution in [-0.2, 0) is 10.8 Å². The van der Waals surface area contributed by atoms with Crippen molar-refractivity contribution in [2.24, 2.45) is 5.92 Å². The van der Waals surface area contributed by atoms with Crippen LogP contribution in [0.3, 0.4) is 0 Å². The molecule has 0 spiro atoms. The fourth-order valence-corrected chi connectivity index (χ4v) is 10.6. The maximum atomic E-state index is 2.68. The van der Waals surface area contributed by atoms with Gasteiger partial charge >= 0.3 is 0 Å². The molecule has 274 valence electrons. The molecule has 4 aliphatic rings. The first-order valence-corrected chi connectivity index (χ1v) is 21.9. The average Bonchev–Trinajstić information content (AvgIpc) is 3.51. The van der Waals surface area contributed by atoms with Crippen molar-refractivity contribution in [3.05, 3.63) is 131 Å². The predicted octanol–water partition coefficient (Wildman–Crippen LogP) is 13.4.